The van der Waals surface area contributed by atoms with Crippen molar-refractivity contribution in [2.75, 3.05) is 6.61 Å². The zero-order chi connectivity index (χ0) is 17.4. The molecule has 0 spiro atoms. The van der Waals surface area contributed by atoms with Crippen molar-refractivity contribution in [2.45, 2.75) is 37.8 Å². The van der Waals surface area contributed by atoms with Gasteiger partial charge in [0.25, 0.3) is 5.91 Å². The first kappa shape index (κ1) is 16.3. The van der Waals surface area contributed by atoms with Crippen molar-refractivity contribution in [3.8, 4) is 0 Å². The van der Waals surface area contributed by atoms with Crippen molar-refractivity contribution in [1.82, 2.24) is 15.3 Å². The van der Waals surface area contributed by atoms with Crippen molar-refractivity contribution in [3.63, 3.8) is 0 Å². The zero-order valence-corrected chi connectivity index (χ0v) is 13.6. The molecule has 2 aromatic heterocycles. The topological polar surface area (TPSA) is 101 Å². The smallest absolute Gasteiger partial charge is 0.329 e. The lowest BCUT2D eigenvalue weighted by Gasteiger charge is -2.42. The Bertz CT molecular complexity index is 800. The van der Waals surface area contributed by atoms with Crippen LogP contribution in [0.25, 0.3) is 10.8 Å². The number of carbonyl (C=O) groups excluding carboxylic acids is 1. The van der Waals surface area contributed by atoms with Crippen molar-refractivity contribution in [2.24, 2.45) is 0 Å². The molecule has 7 heteroatoms. The lowest BCUT2D eigenvalue weighted by Crippen LogP contribution is -2.61. The van der Waals surface area contributed by atoms with Gasteiger partial charge in [0.2, 0.25) is 0 Å². The minimum Gasteiger partial charge on any atom is -0.480 e. The maximum absolute atomic E-state index is 12.8. The van der Waals surface area contributed by atoms with Gasteiger partial charge in [0, 0.05) is 48.4 Å². The Morgan fingerprint density at radius 3 is 2.71 bits per heavy atom. The number of pyridine rings is 2. The van der Waals surface area contributed by atoms with Gasteiger partial charge >= 0.3 is 5.97 Å². The number of aromatic nitrogens is 2. The summed E-state index contributed by atoms with van der Waals surface area (Å²) in [6.45, 7) is 3.92. The predicted molar refractivity (Wildman–Crippen MR) is 86.6 cm³/mol. The Morgan fingerprint density at radius 1 is 1.25 bits per heavy atom. The SMILES string of the molecule is CC1(C)CC(NC(=O)c2cncc3cnccc23)(C(=O)O)CCO1. The first-order valence-corrected chi connectivity index (χ1v) is 7.71. The van der Waals surface area contributed by atoms with Crippen LogP contribution in [0, 0.1) is 0 Å². The molecule has 0 bridgehead atoms. The average Bonchev–Trinajstić information content (AvgIpc) is 2.53. The molecule has 0 aromatic carbocycles. The third kappa shape index (κ3) is 2.94. The number of carboxylic acids is 1. The fraction of sp³-hybridized carbons (Fsp3) is 0.412. The number of amides is 1. The van der Waals surface area contributed by atoms with Crippen LogP contribution in [0.15, 0.2) is 30.9 Å². The monoisotopic (exact) mass is 329 g/mol. The number of hydrogen-bond donors (Lipinski definition) is 2. The van der Waals surface area contributed by atoms with Gasteiger partial charge in [-0.3, -0.25) is 14.8 Å². The summed E-state index contributed by atoms with van der Waals surface area (Å²) in [5, 5.41) is 13.9. The fourth-order valence-electron chi connectivity index (χ4n) is 3.19. The maximum Gasteiger partial charge on any atom is 0.329 e. The van der Waals surface area contributed by atoms with Gasteiger partial charge in [0.05, 0.1) is 17.8 Å². The number of ether oxygens (including phenoxy) is 1. The first-order chi connectivity index (χ1) is 11.3. The van der Waals surface area contributed by atoms with E-state index in [2.05, 4.69) is 15.3 Å². The Labute approximate surface area is 139 Å². The van der Waals surface area contributed by atoms with E-state index in [0.29, 0.717) is 10.9 Å². The Kier molecular flexibility index (Phi) is 3.96. The largest absolute Gasteiger partial charge is 0.480 e. The van der Waals surface area contributed by atoms with Crippen LogP contribution in [0.4, 0.5) is 0 Å². The molecule has 3 heterocycles. The summed E-state index contributed by atoms with van der Waals surface area (Å²) < 4.78 is 5.59. The molecule has 1 saturated heterocycles. The summed E-state index contributed by atoms with van der Waals surface area (Å²) >= 11 is 0. The summed E-state index contributed by atoms with van der Waals surface area (Å²) in [4.78, 5) is 32.7. The van der Waals surface area contributed by atoms with E-state index < -0.39 is 23.0 Å². The fourth-order valence-corrected chi connectivity index (χ4v) is 3.19. The highest BCUT2D eigenvalue weighted by Crippen LogP contribution is 2.33. The molecule has 1 unspecified atom stereocenters. The van der Waals surface area contributed by atoms with Crippen molar-refractivity contribution < 1.29 is 19.4 Å². The van der Waals surface area contributed by atoms with Crippen molar-refractivity contribution in [3.05, 3.63) is 36.4 Å². The zero-order valence-electron chi connectivity index (χ0n) is 13.6. The molecule has 1 aliphatic heterocycles. The Balaban J connectivity index is 1.95. The van der Waals surface area contributed by atoms with Gasteiger partial charge < -0.3 is 15.2 Å². The van der Waals surface area contributed by atoms with E-state index in [4.69, 9.17) is 4.74 Å². The van der Waals surface area contributed by atoms with Crippen molar-refractivity contribution >= 4 is 22.6 Å². The molecule has 2 aromatic rings. The van der Waals surface area contributed by atoms with Crippen LogP contribution >= 0.6 is 0 Å². The van der Waals surface area contributed by atoms with Gasteiger partial charge in [-0.2, -0.15) is 0 Å². The van der Waals surface area contributed by atoms with Gasteiger partial charge in [-0.1, -0.05) is 0 Å². The molecule has 24 heavy (non-hydrogen) atoms. The van der Waals surface area contributed by atoms with Gasteiger partial charge in [-0.05, 0) is 19.9 Å². The van der Waals surface area contributed by atoms with Gasteiger partial charge in [0.1, 0.15) is 5.54 Å². The second-order valence-corrected chi connectivity index (χ2v) is 6.66. The molecule has 1 fully saturated rings. The quantitative estimate of drug-likeness (QED) is 0.890. The minimum atomic E-state index is -1.35. The van der Waals surface area contributed by atoms with Gasteiger partial charge in [0.15, 0.2) is 0 Å². The molecule has 0 saturated carbocycles. The van der Waals surface area contributed by atoms with Crippen LogP contribution in [0.3, 0.4) is 0 Å². The van der Waals surface area contributed by atoms with E-state index in [0.717, 1.165) is 5.39 Å². The van der Waals surface area contributed by atoms with Crippen LogP contribution in [0.5, 0.6) is 0 Å². The molecule has 7 nitrogen and oxygen atoms in total. The first-order valence-electron chi connectivity index (χ1n) is 7.71. The lowest BCUT2D eigenvalue weighted by atomic mass is 9.81. The molecular weight excluding hydrogens is 310 g/mol. The highest BCUT2D eigenvalue weighted by molar-refractivity contribution is 6.07. The molecule has 1 amide bonds. The Hall–Kier alpha value is -2.54. The summed E-state index contributed by atoms with van der Waals surface area (Å²) in [6, 6.07) is 1.72. The number of aliphatic carboxylic acids is 1. The molecule has 126 valence electrons. The second kappa shape index (κ2) is 5.83. The molecule has 1 aliphatic rings. The van der Waals surface area contributed by atoms with Crippen LogP contribution in [0.2, 0.25) is 0 Å². The minimum absolute atomic E-state index is 0.195. The molecular formula is C17H19N3O4. The summed E-state index contributed by atoms with van der Waals surface area (Å²) in [5.74, 6) is -1.51. The van der Waals surface area contributed by atoms with Gasteiger partial charge in [-0.25, -0.2) is 4.79 Å². The molecule has 3 rings (SSSR count). The molecule has 1 atom stereocenters. The summed E-state index contributed by atoms with van der Waals surface area (Å²) in [5.41, 5.74) is -1.64. The summed E-state index contributed by atoms with van der Waals surface area (Å²) in [7, 11) is 0. The highest BCUT2D eigenvalue weighted by Gasteiger charge is 2.48. The number of hydrogen-bond acceptors (Lipinski definition) is 5. The average molecular weight is 329 g/mol. The van der Waals surface area contributed by atoms with Crippen LogP contribution in [-0.2, 0) is 9.53 Å². The number of rotatable bonds is 3. The van der Waals surface area contributed by atoms with E-state index >= 15 is 0 Å². The third-order valence-electron chi connectivity index (χ3n) is 4.32. The normalized spacial score (nSPS) is 22.9. The molecule has 0 radical (unpaired) electrons. The molecule has 2 N–H and O–H groups in total. The van der Waals surface area contributed by atoms with Crippen LogP contribution in [-0.4, -0.2) is 44.7 Å². The molecule has 0 aliphatic carbocycles. The van der Waals surface area contributed by atoms with E-state index in [-0.39, 0.29) is 19.4 Å². The number of carboxylic acid groups (broad SMARTS) is 1. The standard InChI is InChI=1S/C17H19N3O4/c1-16(2)10-17(15(22)23,4-6-24-16)20-14(21)13-9-19-8-11-7-18-5-3-12(11)13/h3,5,7-9H,4,6,10H2,1-2H3,(H,20,21)(H,22,23). The number of carbonyl (C=O) groups is 2. The number of nitrogens with one attached hydrogen (secondary N) is 1. The van der Waals surface area contributed by atoms with Gasteiger partial charge in [-0.15, -0.1) is 0 Å². The second-order valence-electron chi connectivity index (χ2n) is 6.66. The maximum atomic E-state index is 12.8. The van der Waals surface area contributed by atoms with E-state index in [1.54, 1.807) is 24.7 Å². The van der Waals surface area contributed by atoms with E-state index in [1.165, 1.54) is 6.20 Å². The summed E-state index contributed by atoms with van der Waals surface area (Å²) in [6.07, 6.45) is 6.67. The van der Waals surface area contributed by atoms with Crippen LogP contribution < -0.4 is 5.32 Å². The van der Waals surface area contributed by atoms with Crippen molar-refractivity contribution in [1.29, 1.82) is 0 Å². The highest BCUT2D eigenvalue weighted by atomic mass is 16.5. The Morgan fingerprint density at radius 2 is 2.00 bits per heavy atom. The third-order valence-corrected chi connectivity index (χ3v) is 4.32. The number of nitrogens with zero attached hydrogens (tertiary/aromatic N) is 2. The van der Waals surface area contributed by atoms with Crippen LogP contribution in [0.1, 0.15) is 37.0 Å². The lowest BCUT2D eigenvalue weighted by molar-refractivity contribution is -0.157. The number of fused-ring (bicyclic) bond motifs is 1. The van der Waals surface area contributed by atoms with E-state index in [9.17, 15) is 14.7 Å². The predicted octanol–water partition coefficient (Wildman–Crippen LogP) is 1.77. The van der Waals surface area contributed by atoms with E-state index in [1.807, 2.05) is 13.8 Å².